The van der Waals surface area contributed by atoms with Crippen LogP contribution < -0.4 is 0 Å². The smallest absolute Gasteiger partial charge is 0.159 e. The lowest BCUT2D eigenvalue weighted by molar-refractivity contribution is 0.372. The Hall–Kier alpha value is -2.20. The van der Waals surface area contributed by atoms with Crippen molar-refractivity contribution >= 4 is 6.08 Å². The topological polar surface area (TPSA) is 23.5 Å². The average molecular weight is 315 g/mol. The molecule has 2 nitrogen and oxygen atoms in total. The predicted octanol–water partition coefficient (Wildman–Crippen LogP) is 4.17. The Kier molecular flexibility index (Phi) is 4.72. The Morgan fingerprint density at radius 3 is 2.78 bits per heavy atom. The van der Waals surface area contributed by atoms with Crippen molar-refractivity contribution in [3.63, 3.8) is 0 Å². The Labute approximate surface area is 134 Å². The molecule has 4 heteroatoms. The number of phenolic OH excluding ortho intramolecular Hbond substituents is 1. The molecule has 2 aromatic rings. The predicted molar refractivity (Wildman–Crippen MR) is 87.3 cm³/mol. The van der Waals surface area contributed by atoms with Crippen LogP contribution >= 0.6 is 0 Å². The molecular weight excluding hydrogens is 296 g/mol. The molecule has 1 aliphatic heterocycles. The molecule has 1 aliphatic rings. The van der Waals surface area contributed by atoms with Gasteiger partial charge in [-0.05, 0) is 54.3 Å². The lowest BCUT2D eigenvalue weighted by atomic mass is 9.98. The summed E-state index contributed by atoms with van der Waals surface area (Å²) in [6.07, 6.45) is 4.84. The molecule has 1 heterocycles. The van der Waals surface area contributed by atoms with Gasteiger partial charge in [-0.3, -0.25) is 4.90 Å². The van der Waals surface area contributed by atoms with E-state index in [-0.39, 0.29) is 0 Å². The molecule has 0 aromatic heterocycles. The lowest BCUT2D eigenvalue weighted by Crippen LogP contribution is -2.20. The second-order valence-corrected chi connectivity index (χ2v) is 5.92. The maximum atomic E-state index is 13.1. The van der Waals surface area contributed by atoms with Gasteiger partial charge in [-0.25, -0.2) is 8.78 Å². The Morgan fingerprint density at radius 2 is 2.00 bits per heavy atom. The van der Waals surface area contributed by atoms with E-state index in [2.05, 4.69) is 4.90 Å². The summed E-state index contributed by atoms with van der Waals surface area (Å²) in [5.74, 6) is -0.911. The zero-order valence-electron chi connectivity index (χ0n) is 12.8. The van der Waals surface area contributed by atoms with Crippen LogP contribution in [0.4, 0.5) is 8.78 Å². The van der Waals surface area contributed by atoms with Crippen LogP contribution in [-0.4, -0.2) is 29.6 Å². The van der Waals surface area contributed by atoms with Gasteiger partial charge in [-0.1, -0.05) is 30.4 Å². The van der Waals surface area contributed by atoms with E-state index >= 15 is 0 Å². The third-order valence-corrected chi connectivity index (χ3v) is 4.23. The van der Waals surface area contributed by atoms with Crippen molar-refractivity contribution in [2.24, 2.45) is 0 Å². The fourth-order valence-electron chi connectivity index (χ4n) is 3.00. The molecule has 1 N–H and O–H groups in total. The molecular formula is C19H19F2NO. The Bertz CT molecular complexity index is 714. The largest absolute Gasteiger partial charge is 0.508 e. The summed E-state index contributed by atoms with van der Waals surface area (Å²) in [6, 6.07) is 11.3. The van der Waals surface area contributed by atoms with Crippen LogP contribution in [0.3, 0.4) is 0 Å². The molecule has 1 unspecified atom stereocenters. The van der Waals surface area contributed by atoms with Crippen LogP contribution in [0.15, 0.2) is 48.5 Å². The zero-order chi connectivity index (χ0) is 16.2. The minimum absolute atomic E-state index is 0.305. The summed E-state index contributed by atoms with van der Waals surface area (Å²) in [4.78, 5) is 2.31. The Balaban J connectivity index is 1.55. The Morgan fingerprint density at radius 1 is 1.13 bits per heavy atom. The van der Waals surface area contributed by atoms with Gasteiger partial charge in [0.05, 0.1) is 0 Å². The molecule has 0 spiro atoms. The van der Waals surface area contributed by atoms with E-state index < -0.39 is 11.6 Å². The van der Waals surface area contributed by atoms with Gasteiger partial charge in [0.15, 0.2) is 11.6 Å². The quantitative estimate of drug-likeness (QED) is 0.915. The minimum atomic E-state index is -0.823. The average Bonchev–Trinajstić information content (AvgIpc) is 3.00. The molecule has 1 atom stereocenters. The van der Waals surface area contributed by atoms with E-state index in [0.29, 0.717) is 17.2 Å². The summed E-state index contributed by atoms with van der Waals surface area (Å²) in [5.41, 5.74) is 1.82. The van der Waals surface area contributed by atoms with Gasteiger partial charge < -0.3 is 5.11 Å². The number of hydrogen-bond donors (Lipinski definition) is 1. The molecule has 0 radical (unpaired) electrons. The van der Waals surface area contributed by atoms with E-state index in [0.717, 1.165) is 37.7 Å². The van der Waals surface area contributed by atoms with Gasteiger partial charge in [-0.15, -0.1) is 0 Å². The van der Waals surface area contributed by atoms with E-state index in [1.165, 1.54) is 6.07 Å². The fourth-order valence-corrected chi connectivity index (χ4v) is 3.00. The van der Waals surface area contributed by atoms with Gasteiger partial charge in [0.1, 0.15) is 5.75 Å². The van der Waals surface area contributed by atoms with Gasteiger partial charge in [-0.2, -0.15) is 0 Å². The molecule has 1 saturated heterocycles. The third-order valence-electron chi connectivity index (χ3n) is 4.23. The number of benzene rings is 2. The van der Waals surface area contributed by atoms with Crippen LogP contribution in [0, 0.1) is 11.6 Å². The lowest BCUT2D eigenvalue weighted by Gasteiger charge is -2.14. The first-order valence-corrected chi connectivity index (χ1v) is 7.75. The second-order valence-electron chi connectivity index (χ2n) is 5.92. The van der Waals surface area contributed by atoms with Gasteiger partial charge >= 0.3 is 0 Å². The molecule has 3 rings (SSSR count). The molecule has 2 aromatic carbocycles. The normalized spacial score (nSPS) is 18.8. The third kappa shape index (κ3) is 3.96. The molecule has 0 amide bonds. The fraction of sp³-hybridized carbons (Fsp3) is 0.263. The van der Waals surface area contributed by atoms with E-state index in [1.54, 1.807) is 12.1 Å². The SMILES string of the molecule is Oc1cccc(C2CCN(C/C=C/c3ccc(F)c(F)c3)C2)c1. The zero-order valence-corrected chi connectivity index (χ0v) is 12.8. The summed E-state index contributed by atoms with van der Waals surface area (Å²) < 4.78 is 26.0. The van der Waals surface area contributed by atoms with E-state index in [4.69, 9.17) is 0 Å². The van der Waals surface area contributed by atoms with Crippen LogP contribution in [0.25, 0.3) is 6.08 Å². The van der Waals surface area contributed by atoms with Gasteiger partial charge in [0.2, 0.25) is 0 Å². The maximum Gasteiger partial charge on any atom is 0.159 e. The first-order chi connectivity index (χ1) is 11.1. The summed E-state index contributed by atoms with van der Waals surface area (Å²) in [5, 5.41) is 9.57. The van der Waals surface area contributed by atoms with Crippen LogP contribution in [0.2, 0.25) is 0 Å². The first-order valence-electron chi connectivity index (χ1n) is 7.75. The molecule has 23 heavy (non-hydrogen) atoms. The monoisotopic (exact) mass is 315 g/mol. The first kappa shape index (κ1) is 15.7. The van der Waals surface area contributed by atoms with Gasteiger partial charge in [0, 0.05) is 13.1 Å². The highest BCUT2D eigenvalue weighted by Gasteiger charge is 2.22. The highest BCUT2D eigenvalue weighted by molar-refractivity contribution is 5.49. The molecule has 0 saturated carbocycles. The molecule has 0 bridgehead atoms. The second kappa shape index (κ2) is 6.92. The van der Waals surface area contributed by atoms with Crippen molar-refractivity contribution in [3.05, 3.63) is 71.3 Å². The van der Waals surface area contributed by atoms with E-state index in [9.17, 15) is 13.9 Å². The summed E-state index contributed by atoms with van der Waals surface area (Å²) in [6.45, 7) is 2.70. The van der Waals surface area contributed by atoms with Crippen molar-refractivity contribution in [2.75, 3.05) is 19.6 Å². The number of aromatic hydroxyl groups is 1. The van der Waals surface area contributed by atoms with Gasteiger partial charge in [0.25, 0.3) is 0 Å². The van der Waals surface area contributed by atoms with Crippen LogP contribution in [0.5, 0.6) is 5.75 Å². The van der Waals surface area contributed by atoms with Crippen molar-refractivity contribution in [2.45, 2.75) is 12.3 Å². The minimum Gasteiger partial charge on any atom is -0.508 e. The number of likely N-dealkylation sites (tertiary alicyclic amines) is 1. The maximum absolute atomic E-state index is 13.1. The van der Waals surface area contributed by atoms with E-state index in [1.807, 2.05) is 30.4 Å². The molecule has 0 aliphatic carbocycles. The number of nitrogens with zero attached hydrogens (tertiary/aromatic N) is 1. The number of hydrogen-bond acceptors (Lipinski definition) is 2. The van der Waals surface area contributed by atoms with Crippen molar-refractivity contribution in [1.82, 2.24) is 4.90 Å². The highest BCUT2D eigenvalue weighted by atomic mass is 19.2. The summed E-state index contributed by atoms with van der Waals surface area (Å²) in [7, 11) is 0. The number of phenols is 1. The number of rotatable bonds is 4. The van der Waals surface area contributed by atoms with Crippen LogP contribution in [0.1, 0.15) is 23.5 Å². The molecule has 1 fully saturated rings. The highest BCUT2D eigenvalue weighted by Crippen LogP contribution is 2.28. The number of halogens is 2. The summed E-state index contributed by atoms with van der Waals surface area (Å²) >= 11 is 0. The standard InChI is InChI=1S/C19H19F2NO/c20-18-7-6-14(11-19(18)21)3-2-9-22-10-8-16(13-22)15-4-1-5-17(23)12-15/h1-7,11-12,16,23H,8-10,13H2/b3-2+. The van der Waals surface area contributed by atoms with Crippen molar-refractivity contribution < 1.29 is 13.9 Å². The van der Waals surface area contributed by atoms with Crippen molar-refractivity contribution in [3.8, 4) is 5.75 Å². The van der Waals surface area contributed by atoms with Crippen molar-refractivity contribution in [1.29, 1.82) is 0 Å². The van der Waals surface area contributed by atoms with Crippen LogP contribution in [-0.2, 0) is 0 Å². The molecule has 120 valence electrons.